The molecule has 1 heterocycles. The SMILES string of the molecule is O=C(Nc1ccc(SC2CCCC2)cc1)C1=COCCO1. The van der Waals surface area contributed by atoms with Gasteiger partial charge in [0.15, 0.2) is 0 Å². The average Bonchev–Trinajstić information content (AvgIpc) is 3.03. The Morgan fingerprint density at radius 1 is 1.14 bits per heavy atom. The standard InChI is InChI=1S/C16H19NO3S/c18-16(15-11-19-9-10-20-15)17-12-5-7-14(8-6-12)21-13-3-1-2-4-13/h5-8,11,13H,1-4,9-10H2,(H,17,18). The largest absolute Gasteiger partial charge is 0.494 e. The molecule has 1 aliphatic carbocycles. The maximum atomic E-state index is 11.9. The van der Waals surface area contributed by atoms with Gasteiger partial charge in [0.25, 0.3) is 5.91 Å². The second kappa shape index (κ2) is 6.89. The highest BCUT2D eigenvalue weighted by Gasteiger charge is 2.17. The highest BCUT2D eigenvalue weighted by molar-refractivity contribution is 8.00. The van der Waals surface area contributed by atoms with E-state index >= 15 is 0 Å². The number of carbonyl (C=O) groups excluding carboxylic acids is 1. The van der Waals surface area contributed by atoms with E-state index in [1.807, 2.05) is 23.9 Å². The summed E-state index contributed by atoms with van der Waals surface area (Å²) in [5.74, 6) is -0.0449. The van der Waals surface area contributed by atoms with Crippen molar-refractivity contribution < 1.29 is 14.3 Å². The monoisotopic (exact) mass is 305 g/mol. The second-order valence-corrected chi connectivity index (χ2v) is 6.58. The van der Waals surface area contributed by atoms with E-state index in [-0.39, 0.29) is 11.7 Å². The molecule has 2 aliphatic rings. The smallest absolute Gasteiger partial charge is 0.294 e. The predicted octanol–water partition coefficient (Wildman–Crippen LogP) is 3.55. The molecule has 1 aromatic carbocycles. The van der Waals surface area contributed by atoms with E-state index < -0.39 is 0 Å². The molecule has 4 nitrogen and oxygen atoms in total. The van der Waals surface area contributed by atoms with Crippen LogP contribution >= 0.6 is 11.8 Å². The number of hydrogen-bond acceptors (Lipinski definition) is 4. The van der Waals surface area contributed by atoms with E-state index in [1.54, 1.807) is 0 Å². The minimum absolute atomic E-state index is 0.227. The lowest BCUT2D eigenvalue weighted by atomic mass is 10.3. The molecule has 21 heavy (non-hydrogen) atoms. The zero-order chi connectivity index (χ0) is 14.5. The molecule has 1 amide bonds. The Morgan fingerprint density at radius 2 is 1.90 bits per heavy atom. The van der Waals surface area contributed by atoms with Crippen LogP contribution in [0.25, 0.3) is 0 Å². The molecule has 5 heteroatoms. The maximum Gasteiger partial charge on any atom is 0.294 e. The van der Waals surface area contributed by atoms with Crippen molar-refractivity contribution >= 4 is 23.4 Å². The minimum atomic E-state index is -0.272. The molecule has 3 rings (SSSR count). The van der Waals surface area contributed by atoms with Crippen molar-refractivity contribution in [3.8, 4) is 0 Å². The van der Waals surface area contributed by atoms with Gasteiger partial charge in [-0.3, -0.25) is 4.79 Å². The quantitative estimate of drug-likeness (QED) is 0.924. The molecule has 0 radical (unpaired) electrons. The number of anilines is 1. The van der Waals surface area contributed by atoms with Gasteiger partial charge in [-0.1, -0.05) is 12.8 Å². The van der Waals surface area contributed by atoms with E-state index in [0.717, 1.165) is 10.9 Å². The first-order chi connectivity index (χ1) is 10.3. The first kappa shape index (κ1) is 14.3. The van der Waals surface area contributed by atoms with Crippen LogP contribution in [-0.4, -0.2) is 24.4 Å². The Labute approximate surface area is 128 Å². The summed E-state index contributed by atoms with van der Waals surface area (Å²) >= 11 is 1.94. The lowest BCUT2D eigenvalue weighted by Crippen LogP contribution is -2.21. The first-order valence-electron chi connectivity index (χ1n) is 7.34. The summed E-state index contributed by atoms with van der Waals surface area (Å²) in [6.07, 6.45) is 6.69. The number of amides is 1. The third-order valence-electron chi connectivity index (χ3n) is 3.59. The van der Waals surface area contributed by atoms with Crippen LogP contribution < -0.4 is 5.32 Å². The van der Waals surface area contributed by atoms with Crippen LogP contribution in [0.15, 0.2) is 41.2 Å². The molecule has 0 aromatic heterocycles. The van der Waals surface area contributed by atoms with Gasteiger partial charge < -0.3 is 14.8 Å². The van der Waals surface area contributed by atoms with Crippen LogP contribution in [0.4, 0.5) is 5.69 Å². The molecule has 1 N–H and O–H groups in total. The van der Waals surface area contributed by atoms with Crippen molar-refractivity contribution in [3.05, 3.63) is 36.3 Å². The Morgan fingerprint density at radius 3 is 2.57 bits per heavy atom. The molecule has 0 unspecified atom stereocenters. The zero-order valence-electron chi connectivity index (χ0n) is 11.8. The number of hydrogen-bond donors (Lipinski definition) is 1. The minimum Gasteiger partial charge on any atom is -0.494 e. The van der Waals surface area contributed by atoms with Crippen molar-refractivity contribution in [2.45, 2.75) is 35.8 Å². The lowest BCUT2D eigenvalue weighted by Gasteiger charge is -2.15. The van der Waals surface area contributed by atoms with E-state index in [0.29, 0.717) is 13.2 Å². The van der Waals surface area contributed by atoms with E-state index in [1.165, 1.54) is 36.8 Å². The normalized spacial score (nSPS) is 18.6. The molecular weight excluding hydrogens is 286 g/mol. The molecule has 0 atom stereocenters. The molecule has 1 fully saturated rings. The van der Waals surface area contributed by atoms with Gasteiger partial charge in [0.1, 0.15) is 19.5 Å². The highest BCUT2D eigenvalue weighted by atomic mass is 32.2. The molecule has 1 aliphatic heterocycles. The number of nitrogens with one attached hydrogen (secondary N) is 1. The van der Waals surface area contributed by atoms with Gasteiger partial charge in [-0.05, 0) is 37.1 Å². The molecular formula is C16H19NO3S. The van der Waals surface area contributed by atoms with Gasteiger partial charge in [-0.2, -0.15) is 0 Å². The second-order valence-electron chi connectivity index (χ2n) is 5.20. The van der Waals surface area contributed by atoms with Crippen LogP contribution in [0.5, 0.6) is 0 Å². The van der Waals surface area contributed by atoms with Gasteiger partial charge in [0.05, 0.1) is 0 Å². The van der Waals surface area contributed by atoms with E-state index in [4.69, 9.17) is 9.47 Å². The Balaban J connectivity index is 1.56. The average molecular weight is 305 g/mol. The number of benzene rings is 1. The zero-order valence-corrected chi connectivity index (χ0v) is 12.7. The van der Waals surface area contributed by atoms with Crippen LogP contribution in [0.3, 0.4) is 0 Å². The summed E-state index contributed by atoms with van der Waals surface area (Å²) in [4.78, 5) is 13.2. The van der Waals surface area contributed by atoms with Gasteiger partial charge in [-0.25, -0.2) is 0 Å². The first-order valence-corrected chi connectivity index (χ1v) is 8.22. The summed E-state index contributed by atoms with van der Waals surface area (Å²) in [6.45, 7) is 0.903. The molecule has 0 spiro atoms. The van der Waals surface area contributed by atoms with E-state index in [2.05, 4.69) is 17.4 Å². The molecule has 0 saturated heterocycles. The molecule has 112 valence electrons. The Hall–Kier alpha value is -1.62. The summed E-state index contributed by atoms with van der Waals surface area (Å²) in [5, 5.41) is 3.56. The number of ether oxygens (including phenoxy) is 2. The predicted molar refractivity (Wildman–Crippen MR) is 83.2 cm³/mol. The molecule has 0 bridgehead atoms. The third-order valence-corrected chi connectivity index (χ3v) is 4.94. The number of carbonyl (C=O) groups is 1. The van der Waals surface area contributed by atoms with Crippen LogP contribution in [0, 0.1) is 0 Å². The topological polar surface area (TPSA) is 47.6 Å². The Kier molecular flexibility index (Phi) is 4.70. The van der Waals surface area contributed by atoms with Crippen molar-refractivity contribution in [3.63, 3.8) is 0 Å². The van der Waals surface area contributed by atoms with Crippen LogP contribution in [-0.2, 0) is 14.3 Å². The van der Waals surface area contributed by atoms with Crippen molar-refractivity contribution in [1.82, 2.24) is 0 Å². The molecule has 1 aromatic rings. The number of thioether (sulfide) groups is 1. The maximum absolute atomic E-state index is 11.9. The number of rotatable bonds is 4. The van der Waals surface area contributed by atoms with Gasteiger partial charge in [0.2, 0.25) is 5.76 Å². The van der Waals surface area contributed by atoms with Gasteiger partial charge >= 0.3 is 0 Å². The summed E-state index contributed by atoms with van der Waals surface area (Å²) in [6, 6.07) is 7.98. The summed E-state index contributed by atoms with van der Waals surface area (Å²) in [5.41, 5.74) is 0.769. The van der Waals surface area contributed by atoms with Crippen molar-refractivity contribution in [2.24, 2.45) is 0 Å². The summed E-state index contributed by atoms with van der Waals surface area (Å²) < 4.78 is 10.3. The molecule has 1 saturated carbocycles. The third kappa shape index (κ3) is 3.94. The van der Waals surface area contributed by atoms with Crippen molar-refractivity contribution in [2.75, 3.05) is 18.5 Å². The highest BCUT2D eigenvalue weighted by Crippen LogP contribution is 2.34. The lowest BCUT2D eigenvalue weighted by molar-refractivity contribution is -0.117. The Bertz CT molecular complexity index is 521. The van der Waals surface area contributed by atoms with Crippen LogP contribution in [0.1, 0.15) is 25.7 Å². The van der Waals surface area contributed by atoms with Crippen molar-refractivity contribution in [1.29, 1.82) is 0 Å². The van der Waals surface area contributed by atoms with Gasteiger partial charge in [-0.15, -0.1) is 11.8 Å². The fourth-order valence-electron chi connectivity index (χ4n) is 2.50. The fraction of sp³-hybridized carbons (Fsp3) is 0.438. The van der Waals surface area contributed by atoms with Crippen LogP contribution in [0.2, 0.25) is 0 Å². The summed E-state index contributed by atoms with van der Waals surface area (Å²) in [7, 11) is 0. The van der Waals surface area contributed by atoms with E-state index in [9.17, 15) is 4.79 Å². The fourth-order valence-corrected chi connectivity index (χ4v) is 3.74. The van der Waals surface area contributed by atoms with Gasteiger partial charge in [0, 0.05) is 15.8 Å².